The minimum absolute atomic E-state index is 0.167. The minimum Gasteiger partial charge on any atom is -0.377 e. The molecule has 3 rings (SSSR count). The van der Waals surface area contributed by atoms with Crippen molar-refractivity contribution in [1.82, 2.24) is 0 Å². The minimum atomic E-state index is -2.19. The fraction of sp³-hybridized carbons (Fsp3) is 0.133. The van der Waals surface area contributed by atoms with E-state index in [4.69, 9.17) is 0 Å². The topological polar surface area (TPSA) is 46.2 Å². The lowest BCUT2D eigenvalue weighted by Gasteiger charge is -2.04. The molecule has 3 nitrogen and oxygen atoms in total. The van der Waals surface area contributed by atoms with Crippen LogP contribution in [0.1, 0.15) is 12.5 Å². The number of benzene rings is 2. The number of hydrogen-bond donors (Lipinski definition) is 1. The summed E-state index contributed by atoms with van der Waals surface area (Å²) in [7, 11) is -2.19. The number of hydrogen-bond acceptors (Lipinski definition) is 3. The summed E-state index contributed by atoms with van der Waals surface area (Å²) in [4.78, 5) is 0.438. The van der Waals surface area contributed by atoms with E-state index in [1.165, 1.54) is 0 Å². The molecule has 1 atom stereocenters. The fourth-order valence-corrected chi connectivity index (χ4v) is 3.15. The molecule has 2 aromatic rings. The Hall–Kier alpha value is -2.07. The average Bonchev–Trinajstić information content (AvgIpc) is 2.74. The summed E-state index contributed by atoms with van der Waals surface area (Å²) in [5.74, 6) is 0. The van der Waals surface area contributed by atoms with Gasteiger partial charge in [-0.25, -0.2) is 0 Å². The largest absolute Gasteiger partial charge is 0.377 e. The lowest BCUT2D eigenvalue weighted by Crippen LogP contribution is -2.18. The highest BCUT2D eigenvalue weighted by Crippen LogP contribution is 2.30. The van der Waals surface area contributed by atoms with E-state index in [9.17, 15) is 8.42 Å². The van der Waals surface area contributed by atoms with E-state index in [-0.39, 0.29) is 6.04 Å². The molecule has 0 fully saturated rings. The molecule has 1 aliphatic heterocycles. The molecule has 19 heavy (non-hydrogen) atoms. The lowest BCUT2D eigenvalue weighted by atomic mass is 10.0. The Morgan fingerprint density at radius 2 is 1.74 bits per heavy atom. The molecule has 1 unspecified atom stereocenters. The Morgan fingerprint density at radius 3 is 2.42 bits per heavy atom. The van der Waals surface area contributed by atoms with Crippen molar-refractivity contribution in [3.63, 3.8) is 0 Å². The maximum atomic E-state index is 11.3. The van der Waals surface area contributed by atoms with Crippen molar-refractivity contribution in [3.8, 4) is 11.1 Å². The van der Waals surface area contributed by atoms with Crippen LogP contribution in [-0.4, -0.2) is 19.3 Å². The Labute approximate surface area is 113 Å². The zero-order chi connectivity index (χ0) is 13.4. The van der Waals surface area contributed by atoms with E-state index in [2.05, 4.69) is 5.32 Å². The second-order valence-corrected chi connectivity index (χ2v) is 5.50. The van der Waals surface area contributed by atoms with Gasteiger partial charge >= 0.3 is 0 Å². The maximum Gasteiger partial charge on any atom is 0.220 e. The van der Waals surface area contributed by atoms with Crippen molar-refractivity contribution in [2.75, 3.05) is 5.32 Å². The van der Waals surface area contributed by atoms with E-state index >= 15 is 0 Å². The summed E-state index contributed by atoms with van der Waals surface area (Å²) in [6, 6.07) is 15.7. The molecule has 2 aromatic carbocycles. The molecule has 0 spiro atoms. The van der Waals surface area contributed by atoms with Crippen molar-refractivity contribution in [3.05, 3.63) is 54.1 Å². The molecule has 1 N–H and O–H groups in total. The Morgan fingerprint density at radius 1 is 1.00 bits per heavy atom. The summed E-state index contributed by atoms with van der Waals surface area (Å²) in [6.07, 6.45) is 0. The summed E-state index contributed by atoms with van der Waals surface area (Å²) < 4.78 is 22.7. The summed E-state index contributed by atoms with van der Waals surface area (Å²) in [6.45, 7) is 1.85. The van der Waals surface area contributed by atoms with Gasteiger partial charge in [-0.2, -0.15) is 8.42 Å². The monoisotopic (exact) mass is 271 g/mol. The quantitative estimate of drug-likeness (QED) is 0.811. The Kier molecular flexibility index (Phi) is 2.87. The third-order valence-electron chi connectivity index (χ3n) is 3.34. The third-order valence-corrected chi connectivity index (χ3v) is 4.27. The van der Waals surface area contributed by atoms with Crippen molar-refractivity contribution < 1.29 is 8.42 Å². The summed E-state index contributed by atoms with van der Waals surface area (Å²) in [5.41, 5.74) is 3.77. The first-order chi connectivity index (χ1) is 9.16. The van der Waals surface area contributed by atoms with Crippen molar-refractivity contribution in [1.29, 1.82) is 0 Å². The van der Waals surface area contributed by atoms with Crippen LogP contribution in [0.4, 0.5) is 5.69 Å². The van der Waals surface area contributed by atoms with Gasteiger partial charge in [0.2, 0.25) is 10.3 Å². The van der Waals surface area contributed by atoms with E-state index in [0.717, 1.165) is 22.4 Å². The smallest absolute Gasteiger partial charge is 0.220 e. The van der Waals surface area contributed by atoms with E-state index < -0.39 is 10.3 Å². The predicted octanol–water partition coefficient (Wildman–Crippen LogP) is 2.57. The molecule has 0 aromatic heterocycles. The van der Waals surface area contributed by atoms with E-state index in [1.54, 1.807) is 0 Å². The Bertz CT molecular complexity index is 756. The van der Waals surface area contributed by atoms with Crippen molar-refractivity contribution in [2.24, 2.45) is 0 Å². The van der Waals surface area contributed by atoms with Gasteiger partial charge in [-0.1, -0.05) is 36.4 Å². The van der Waals surface area contributed by atoms with Crippen LogP contribution >= 0.6 is 0 Å². The molecule has 0 saturated heterocycles. The standard InChI is InChI=1S/C15H13NO2S/c1-10-15(19(17)18)13-9-12(7-8-14(13)16-10)11-5-3-2-4-6-11/h2-10,16H,1H3. The molecule has 0 bridgehead atoms. The normalized spacial score (nSPS) is 16.9. The maximum absolute atomic E-state index is 11.3. The third kappa shape index (κ3) is 2.04. The number of fused-ring (bicyclic) bond motifs is 1. The Balaban J connectivity index is 2.19. The zero-order valence-electron chi connectivity index (χ0n) is 10.4. The number of nitrogens with one attached hydrogen (secondary N) is 1. The lowest BCUT2D eigenvalue weighted by molar-refractivity contribution is 0.626. The first-order valence-corrected chi connectivity index (χ1v) is 7.17. The van der Waals surface area contributed by atoms with Crippen molar-refractivity contribution >= 4 is 20.8 Å². The zero-order valence-corrected chi connectivity index (χ0v) is 11.2. The second-order valence-electron chi connectivity index (χ2n) is 4.59. The first kappa shape index (κ1) is 12.0. The molecule has 96 valence electrons. The van der Waals surface area contributed by atoms with Gasteiger partial charge in [0.25, 0.3) is 0 Å². The molecule has 1 heterocycles. The molecular weight excluding hydrogens is 258 g/mol. The van der Waals surface area contributed by atoms with Gasteiger partial charge in [0.1, 0.15) is 4.86 Å². The van der Waals surface area contributed by atoms with Crippen LogP contribution in [0.15, 0.2) is 48.5 Å². The van der Waals surface area contributed by atoms with Crippen LogP contribution in [0.2, 0.25) is 0 Å². The molecular formula is C15H13NO2S. The van der Waals surface area contributed by atoms with Crippen LogP contribution < -0.4 is 5.32 Å². The van der Waals surface area contributed by atoms with Gasteiger partial charge in [0.05, 0.1) is 6.04 Å². The number of anilines is 1. The molecule has 1 aliphatic rings. The van der Waals surface area contributed by atoms with Gasteiger partial charge in [-0.3, -0.25) is 0 Å². The molecule has 0 amide bonds. The van der Waals surface area contributed by atoms with Gasteiger partial charge in [0.15, 0.2) is 0 Å². The van der Waals surface area contributed by atoms with Gasteiger partial charge in [-0.15, -0.1) is 0 Å². The second kappa shape index (κ2) is 4.55. The highest BCUT2D eigenvalue weighted by Gasteiger charge is 2.25. The summed E-state index contributed by atoms with van der Waals surface area (Å²) in [5, 5.41) is 3.18. The molecule has 0 aliphatic carbocycles. The van der Waals surface area contributed by atoms with Gasteiger partial charge in [-0.05, 0) is 30.2 Å². The van der Waals surface area contributed by atoms with Crippen LogP contribution in [0.3, 0.4) is 0 Å². The van der Waals surface area contributed by atoms with Crippen molar-refractivity contribution in [2.45, 2.75) is 13.0 Å². The van der Waals surface area contributed by atoms with Gasteiger partial charge in [0, 0.05) is 11.3 Å². The van der Waals surface area contributed by atoms with Crippen LogP contribution in [0.5, 0.6) is 0 Å². The van der Waals surface area contributed by atoms with Crippen LogP contribution in [0, 0.1) is 0 Å². The fourth-order valence-electron chi connectivity index (χ4n) is 2.45. The van der Waals surface area contributed by atoms with Crippen LogP contribution in [0.25, 0.3) is 11.1 Å². The highest BCUT2D eigenvalue weighted by atomic mass is 32.2. The number of rotatable bonds is 1. The summed E-state index contributed by atoms with van der Waals surface area (Å²) >= 11 is 0. The van der Waals surface area contributed by atoms with Gasteiger partial charge < -0.3 is 5.32 Å². The van der Waals surface area contributed by atoms with Crippen LogP contribution in [-0.2, 0) is 10.3 Å². The highest BCUT2D eigenvalue weighted by molar-refractivity contribution is 7.73. The van der Waals surface area contributed by atoms with E-state index in [0.29, 0.717) is 4.86 Å². The van der Waals surface area contributed by atoms with E-state index in [1.807, 2.05) is 55.5 Å². The predicted molar refractivity (Wildman–Crippen MR) is 78.0 cm³/mol. The molecule has 0 radical (unpaired) electrons. The SMILES string of the molecule is CC1Nc2ccc(-c3ccccc3)cc2C1=S(=O)=O. The first-order valence-electron chi connectivity index (χ1n) is 6.09. The average molecular weight is 271 g/mol. The molecule has 0 saturated carbocycles. The molecule has 4 heteroatoms.